The number of carboxylic acid groups (broad SMARTS) is 1. The van der Waals surface area contributed by atoms with Crippen molar-refractivity contribution in [1.29, 1.82) is 0 Å². The Morgan fingerprint density at radius 1 is 0.806 bits per heavy atom. The molecule has 0 aliphatic carbocycles. The third kappa shape index (κ3) is 17.4. The Morgan fingerprint density at radius 3 is 1.68 bits per heavy atom. The molecule has 0 fully saturated rings. The number of carbonyl (C=O) groups excluding carboxylic acids is 2. The van der Waals surface area contributed by atoms with Crippen LogP contribution in [0.5, 0.6) is 0 Å². The van der Waals surface area contributed by atoms with Crippen molar-refractivity contribution >= 4 is 22.7 Å². The van der Waals surface area contributed by atoms with Crippen LogP contribution < -0.4 is 10.4 Å². The van der Waals surface area contributed by atoms with Crippen molar-refractivity contribution < 1.29 is 18.9 Å². The number of hydrogen-bond donors (Lipinski definition) is 1. The monoisotopic (exact) mass is 450 g/mol. The summed E-state index contributed by atoms with van der Waals surface area (Å²) in [4.78, 5) is 22.0. The summed E-state index contributed by atoms with van der Waals surface area (Å²) < 4.78 is 12.1. The standard InChI is InChI=1S/C25H41NO4S/c1-19(2)10-7-11-20(3)12-8-13-21(4)14-9-15-22(5)16-17-31(30)18-24(25(28)29)26-23(6)27/h10,12,14,16,24H,7-9,11,13,15,17-18H2,1-6H3,(H,26,27)(H,28,29)/p-1/b20-12+,21-14+,22-16+. The average Bonchev–Trinajstić information content (AvgIpc) is 2.65. The number of carboxylic acids is 1. The highest BCUT2D eigenvalue weighted by Crippen LogP contribution is 2.13. The van der Waals surface area contributed by atoms with Crippen molar-refractivity contribution in [1.82, 2.24) is 5.32 Å². The molecule has 1 N–H and O–H groups in total. The second-order valence-corrected chi connectivity index (χ2v) is 9.94. The summed E-state index contributed by atoms with van der Waals surface area (Å²) >= 11 is 0. The molecule has 1 amide bonds. The van der Waals surface area contributed by atoms with E-state index >= 15 is 0 Å². The number of amides is 1. The van der Waals surface area contributed by atoms with Crippen molar-refractivity contribution in [3.05, 3.63) is 46.6 Å². The molecule has 176 valence electrons. The van der Waals surface area contributed by atoms with E-state index in [1.54, 1.807) is 0 Å². The van der Waals surface area contributed by atoms with Gasteiger partial charge in [-0.25, -0.2) is 0 Å². The van der Waals surface area contributed by atoms with Crippen molar-refractivity contribution in [3.63, 3.8) is 0 Å². The fraction of sp³-hybridized carbons (Fsp3) is 0.600. The fourth-order valence-electron chi connectivity index (χ4n) is 2.89. The van der Waals surface area contributed by atoms with Gasteiger partial charge in [-0.05, 0) is 73.1 Å². The molecule has 0 saturated heterocycles. The van der Waals surface area contributed by atoms with Crippen LogP contribution in [0.1, 0.15) is 80.1 Å². The second-order valence-electron chi connectivity index (χ2n) is 8.39. The highest BCUT2D eigenvalue weighted by Gasteiger charge is 2.14. The summed E-state index contributed by atoms with van der Waals surface area (Å²) in [5.41, 5.74) is 5.30. The van der Waals surface area contributed by atoms with Gasteiger partial charge in [-0.3, -0.25) is 9.00 Å². The van der Waals surface area contributed by atoms with E-state index in [0.717, 1.165) is 44.1 Å². The van der Waals surface area contributed by atoms with Gasteiger partial charge >= 0.3 is 0 Å². The van der Waals surface area contributed by atoms with Gasteiger partial charge in [0.1, 0.15) is 0 Å². The largest absolute Gasteiger partial charge is 0.548 e. The van der Waals surface area contributed by atoms with Gasteiger partial charge < -0.3 is 15.2 Å². The molecule has 0 rings (SSSR count). The Morgan fingerprint density at radius 2 is 1.26 bits per heavy atom. The molecule has 0 bridgehead atoms. The zero-order chi connectivity index (χ0) is 23.8. The van der Waals surface area contributed by atoms with Gasteiger partial charge in [0.25, 0.3) is 0 Å². The Bertz CT molecular complexity index is 728. The van der Waals surface area contributed by atoms with E-state index in [0.29, 0.717) is 0 Å². The first kappa shape index (κ1) is 29.1. The maximum Gasteiger partial charge on any atom is 0.217 e. The predicted molar refractivity (Wildman–Crippen MR) is 129 cm³/mol. The van der Waals surface area contributed by atoms with Crippen molar-refractivity contribution in [2.75, 3.05) is 11.5 Å². The minimum Gasteiger partial charge on any atom is -0.548 e. The van der Waals surface area contributed by atoms with Gasteiger partial charge in [0, 0.05) is 29.2 Å². The van der Waals surface area contributed by atoms with Crippen molar-refractivity contribution in [2.45, 2.75) is 86.1 Å². The Hall–Kier alpha value is -1.95. The lowest BCUT2D eigenvalue weighted by Crippen LogP contribution is -2.50. The van der Waals surface area contributed by atoms with Crippen LogP contribution in [-0.4, -0.2) is 33.6 Å². The molecule has 0 spiro atoms. The minimum atomic E-state index is -1.41. The van der Waals surface area contributed by atoms with Gasteiger partial charge in [0.15, 0.2) is 0 Å². The Labute approximate surface area is 191 Å². The van der Waals surface area contributed by atoms with Gasteiger partial charge in [-0.2, -0.15) is 0 Å². The number of aliphatic carboxylic acids is 1. The van der Waals surface area contributed by atoms with Crippen molar-refractivity contribution in [2.24, 2.45) is 0 Å². The summed E-state index contributed by atoms with van der Waals surface area (Å²) in [6.45, 7) is 11.8. The summed E-state index contributed by atoms with van der Waals surface area (Å²) in [6.07, 6.45) is 14.9. The fourth-order valence-corrected chi connectivity index (χ4v) is 4.09. The van der Waals surface area contributed by atoms with E-state index in [9.17, 15) is 18.9 Å². The molecule has 0 heterocycles. The molecular weight excluding hydrogens is 410 g/mol. The van der Waals surface area contributed by atoms with E-state index < -0.39 is 28.7 Å². The summed E-state index contributed by atoms with van der Waals surface area (Å²) in [5.74, 6) is -1.77. The average molecular weight is 451 g/mol. The summed E-state index contributed by atoms with van der Waals surface area (Å²) in [7, 11) is -1.37. The first-order valence-corrected chi connectivity index (χ1v) is 12.4. The lowest BCUT2D eigenvalue weighted by molar-refractivity contribution is -0.307. The zero-order valence-corrected chi connectivity index (χ0v) is 20.9. The van der Waals surface area contributed by atoms with E-state index in [-0.39, 0.29) is 11.5 Å². The van der Waals surface area contributed by atoms with Crippen LogP contribution in [0.2, 0.25) is 0 Å². The number of nitrogens with one attached hydrogen (secondary N) is 1. The minimum absolute atomic E-state index is 0.147. The molecule has 0 aliphatic rings. The van der Waals surface area contributed by atoms with E-state index in [2.05, 4.69) is 51.2 Å². The normalized spacial score (nSPS) is 14.7. The van der Waals surface area contributed by atoms with Crippen LogP contribution in [0.25, 0.3) is 0 Å². The molecule has 0 aromatic carbocycles. The van der Waals surface area contributed by atoms with Crippen LogP contribution in [-0.2, 0) is 20.4 Å². The van der Waals surface area contributed by atoms with Crippen LogP contribution >= 0.6 is 0 Å². The summed E-state index contributed by atoms with van der Waals surface area (Å²) in [6, 6.07) is -1.22. The molecule has 2 unspecified atom stereocenters. The molecule has 0 aromatic rings. The van der Waals surface area contributed by atoms with Crippen LogP contribution in [0.15, 0.2) is 46.6 Å². The van der Waals surface area contributed by atoms with Crippen LogP contribution in [0, 0.1) is 0 Å². The number of rotatable bonds is 15. The van der Waals surface area contributed by atoms with E-state index in [1.165, 1.54) is 23.6 Å². The van der Waals surface area contributed by atoms with Gasteiger partial charge in [0.2, 0.25) is 5.91 Å². The van der Waals surface area contributed by atoms with Gasteiger partial charge in [0.05, 0.1) is 12.0 Å². The second kappa shape index (κ2) is 16.7. The lowest BCUT2D eigenvalue weighted by Gasteiger charge is -2.17. The van der Waals surface area contributed by atoms with Crippen LogP contribution in [0.4, 0.5) is 0 Å². The Balaban J connectivity index is 4.30. The highest BCUT2D eigenvalue weighted by molar-refractivity contribution is 7.85. The topological polar surface area (TPSA) is 86.3 Å². The van der Waals surface area contributed by atoms with Crippen molar-refractivity contribution in [3.8, 4) is 0 Å². The number of allylic oxidation sites excluding steroid dienone is 7. The maximum absolute atomic E-state index is 12.1. The molecular formula is C25H40NO4S-. The van der Waals surface area contributed by atoms with Gasteiger partial charge in [-0.1, -0.05) is 46.6 Å². The SMILES string of the molecule is CC(=O)NC(CS(=O)C/C=C(\C)CC/C=C(\C)CC/C=C(\C)CCC=C(C)C)C(=O)[O-]. The van der Waals surface area contributed by atoms with E-state index in [1.807, 2.05) is 13.0 Å². The molecule has 0 saturated carbocycles. The molecule has 2 atom stereocenters. The van der Waals surface area contributed by atoms with Crippen LogP contribution in [0.3, 0.4) is 0 Å². The summed E-state index contributed by atoms with van der Waals surface area (Å²) in [5, 5.41) is 13.3. The number of carbonyl (C=O) groups is 2. The molecule has 0 radical (unpaired) electrons. The molecule has 5 nitrogen and oxygen atoms in total. The zero-order valence-electron chi connectivity index (χ0n) is 20.1. The Kier molecular flexibility index (Phi) is 15.7. The lowest BCUT2D eigenvalue weighted by atomic mass is 10.0. The van der Waals surface area contributed by atoms with E-state index in [4.69, 9.17) is 0 Å². The highest BCUT2D eigenvalue weighted by atomic mass is 32.2. The molecule has 6 heteroatoms. The smallest absolute Gasteiger partial charge is 0.217 e. The quantitative estimate of drug-likeness (QED) is 0.380. The third-order valence-corrected chi connectivity index (χ3v) is 6.03. The number of hydrogen-bond acceptors (Lipinski definition) is 4. The first-order chi connectivity index (χ1) is 14.5. The third-order valence-electron chi connectivity index (χ3n) is 4.79. The molecule has 31 heavy (non-hydrogen) atoms. The van der Waals surface area contributed by atoms with Gasteiger partial charge in [-0.15, -0.1) is 0 Å². The predicted octanol–water partition coefficient (Wildman–Crippen LogP) is 4.14. The maximum atomic E-state index is 12.1. The molecule has 0 aromatic heterocycles. The molecule has 0 aliphatic heterocycles. The first-order valence-electron chi connectivity index (χ1n) is 10.9.